The lowest BCUT2D eigenvalue weighted by Crippen LogP contribution is -2.45. The van der Waals surface area contributed by atoms with E-state index in [0.29, 0.717) is 25.9 Å². The van der Waals surface area contributed by atoms with Crippen molar-refractivity contribution in [3.8, 4) is 0 Å². The van der Waals surface area contributed by atoms with E-state index < -0.39 is 12.1 Å². The minimum Gasteiger partial charge on any atom is -0.466 e. The third-order valence-electron chi connectivity index (χ3n) is 15.1. The van der Waals surface area contributed by atoms with Gasteiger partial charge in [-0.2, -0.15) is 0 Å². The number of carbonyl (C=O) groups excluding carboxylic acids is 2. The monoisotopic (exact) mass is 988 g/mol. The van der Waals surface area contributed by atoms with Crippen LogP contribution in [0.4, 0.5) is 0 Å². The number of esters is 1. The fourth-order valence-electron chi connectivity index (χ4n) is 10.2. The van der Waals surface area contributed by atoms with Crippen LogP contribution in [0.5, 0.6) is 0 Å². The van der Waals surface area contributed by atoms with Gasteiger partial charge in [-0.15, -0.1) is 0 Å². The van der Waals surface area contributed by atoms with Crippen LogP contribution in [0.2, 0.25) is 0 Å². The molecule has 0 bridgehead atoms. The van der Waals surface area contributed by atoms with Crippen molar-refractivity contribution in [1.82, 2.24) is 5.32 Å². The van der Waals surface area contributed by atoms with Crippen LogP contribution < -0.4 is 5.32 Å². The average molecular weight is 989 g/mol. The van der Waals surface area contributed by atoms with Gasteiger partial charge in [0.1, 0.15) is 0 Å². The van der Waals surface area contributed by atoms with Crippen molar-refractivity contribution in [2.45, 2.75) is 373 Å². The molecule has 0 rings (SSSR count). The van der Waals surface area contributed by atoms with Crippen molar-refractivity contribution in [2.24, 2.45) is 0 Å². The Morgan fingerprint density at radius 1 is 0.386 bits per heavy atom. The Bertz CT molecular complexity index is 1050. The predicted octanol–water partition coefficient (Wildman–Crippen LogP) is 20.0. The molecule has 0 heterocycles. The maximum Gasteiger partial charge on any atom is 0.305 e. The van der Waals surface area contributed by atoms with E-state index in [1.807, 2.05) is 0 Å². The highest BCUT2D eigenvalue weighted by Crippen LogP contribution is 2.18. The number of amides is 1. The number of ether oxygens (including phenoxy) is 1. The summed E-state index contributed by atoms with van der Waals surface area (Å²) in [4.78, 5) is 24.5. The minimum atomic E-state index is -0.663. The molecule has 0 saturated heterocycles. The molecular weight excluding hydrogens is 863 g/mol. The van der Waals surface area contributed by atoms with Crippen LogP contribution in [0.1, 0.15) is 361 Å². The van der Waals surface area contributed by atoms with E-state index in [0.717, 1.165) is 44.9 Å². The standard InChI is InChI=1S/C64H125NO5/c1-3-5-7-9-11-13-15-17-18-27-30-33-36-40-44-48-52-56-62(67)61(60-66)65-63(68)57-53-49-45-41-37-34-31-28-25-23-21-19-20-22-24-26-29-32-35-39-43-47-51-55-59-70-64(69)58-54-50-46-42-38-16-14-12-10-8-6-4-2/h12,14,61-62,66-67H,3-11,13,15-60H2,1-2H3,(H,65,68)/b14-12-. The second-order valence-electron chi connectivity index (χ2n) is 22.1. The molecule has 2 unspecified atom stereocenters. The molecule has 0 aliphatic carbocycles. The van der Waals surface area contributed by atoms with Gasteiger partial charge >= 0.3 is 5.97 Å². The normalized spacial score (nSPS) is 12.6. The maximum atomic E-state index is 12.5. The number of aliphatic hydroxyl groups excluding tert-OH is 2. The van der Waals surface area contributed by atoms with Crippen molar-refractivity contribution >= 4 is 11.9 Å². The molecule has 0 saturated carbocycles. The number of carbonyl (C=O) groups is 2. The van der Waals surface area contributed by atoms with Gasteiger partial charge in [0.05, 0.1) is 25.4 Å². The molecule has 6 heteroatoms. The highest BCUT2D eigenvalue weighted by atomic mass is 16.5. The molecule has 0 radical (unpaired) electrons. The molecular formula is C64H125NO5. The van der Waals surface area contributed by atoms with Gasteiger partial charge in [0, 0.05) is 12.8 Å². The van der Waals surface area contributed by atoms with E-state index in [-0.39, 0.29) is 18.5 Å². The van der Waals surface area contributed by atoms with E-state index in [9.17, 15) is 19.8 Å². The van der Waals surface area contributed by atoms with Crippen molar-refractivity contribution in [2.75, 3.05) is 13.2 Å². The Balaban J connectivity index is 3.36. The number of rotatable bonds is 60. The molecule has 70 heavy (non-hydrogen) atoms. The first-order valence-electron chi connectivity index (χ1n) is 31.9. The van der Waals surface area contributed by atoms with Crippen molar-refractivity contribution in [3.63, 3.8) is 0 Å². The summed E-state index contributed by atoms with van der Waals surface area (Å²) in [5, 5.41) is 23.3. The third kappa shape index (κ3) is 55.9. The van der Waals surface area contributed by atoms with Crippen molar-refractivity contribution in [1.29, 1.82) is 0 Å². The largest absolute Gasteiger partial charge is 0.466 e. The second-order valence-corrected chi connectivity index (χ2v) is 22.1. The van der Waals surface area contributed by atoms with Gasteiger partial charge in [0.25, 0.3) is 0 Å². The quantitative estimate of drug-likeness (QED) is 0.0321. The molecule has 1 amide bonds. The van der Waals surface area contributed by atoms with E-state index in [2.05, 4.69) is 31.3 Å². The summed E-state index contributed by atoms with van der Waals surface area (Å²) in [5.74, 6) is -0.0245. The second kappa shape index (κ2) is 60.2. The topological polar surface area (TPSA) is 95.9 Å². The molecule has 0 spiro atoms. The number of aliphatic hydroxyl groups is 2. The first-order valence-corrected chi connectivity index (χ1v) is 31.9. The first kappa shape index (κ1) is 68.6. The Morgan fingerprint density at radius 2 is 0.671 bits per heavy atom. The zero-order valence-electron chi connectivity index (χ0n) is 47.5. The summed E-state index contributed by atoms with van der Waals surface area (Å²) < 4.78 is 5.47. The van der Waals surface area contributed by atoms with Crippen LogP contribution in [0.3, 0.4) is 0 Å². The van der Waals surface area contributed by atoms with Crippen LogP contribution in [0.15, 0.2) is 12.2 Å². The number of hydrogen-bond acceptors (Lipinski definition) is 5. The molecule has 0 aliphatic heterocycles. The summed E-state index contributed by atoms with van der Waals surface area (Å²) >= 11 is 0. The summed E-state index contributed by atoms with van der Waals surface area (Å²) in [6, 6.07) is -0.540. The van der Waals surface area contributed by atoms with Crippen molar-refractivity contribution in [3.05, 3.63) is 12.2 Å². The zero-order valence-corrected chi connectivity index (χ0v) is 47.5. The lowest BCUT2D eigenvalue weighted by atomic mass is 10.0. The first-order chi connectivity index (χ1) is 34.5. The fraction of sp³-hybridized carbons (Fsp3) is 0.938. The summed E-state index contributed by atoms with van der Waals surface area (Å²) in [7, 11) is 0. The molecule has 6 nitrogen and oxygen atoms in total. The predicted molar refractivity (Wildman–Crippen MR) is 306 cm³/mol. The molecule has 0 fully saturated rings. The highest BCUT2D eigenvalue weighted by molar-refractivity contribution is 5.76. The minimum absolute atomic E-state index is 0.00604. The molecule has 0 aromatic carbocycles. The summed E-state index contributed by atoms with van der Waals surface area (Å²) in [5.41, 5.74) is 0. The Kier molecular flexibility index (Phi) is 59.0. The number of nitrogens with one attached hydrogen (secondary N) is 1. The van der Waals surface area contributed by atoms with Gasteiger partial charge < -0.3 is 20.3 Å². The van der Waals surface area contributed by atoms with E-state index in [4.69, 9.17) is 4.74 Å². The lowest BCUT2D eigenvalue weighted by molar-refractivity contribution is -0.143. The number of unbranched alkanes of at least 4 members (excludes halogenated alkanes) is 47. The Labute approximate surface area is 438 Å². The van der Waals surface area contributed by atoms with Gasteiger partial charge in [-0.25, -0.2) is 0 Å². The van der Waals surface area contributed by atoms with Gasteiger partial charge in [0.15, 0.2) is 0 Å². The molecule has 2 atom stereocenters. The van der Waals surface area contributed by atoms with Crippen LogP contribution in [0.25, 0.3) is 0 Å². The maximum absolute atomic E-state index is 12.5. The molecule has 0 aromatic heterocycles. The third-order valence-corrected chi connectivity index (χ3v) is 15.1. The summed E-state index contributed by atoms with van der Waals surface area (Å²) in [6.45, 7) is 4.96. The van der Waals surface area contributed by atoms with Crippen LogP contribution >= 0.6 is 0 Å². The molecule has 0 aromatic rings. The van der Waals surface area contributed by atoms with Crippen LogP contribution in [0, 0.1) is 0 Å². The SMILES string of the molecule is CCCCC/C=C\CCCCCCCC(=O)OCCCCCCCCCCCCCCCCCCCCCCCCCCC(=O)NC(CO)C(O)CCCCCCCCCCCCCCCCCCC. The average Bonchev–Trinajstić information content (AvgIpc) is 3.36. The molecule has 416 valence electrons. The lowest BCUT2D eigenvalue weighted by Gasteiger charge is -2.22. The number of hydrogen-bond donors (Lipinski definition) is 3. The van der Waals surface area contributed by atoms with Gasteiger partial charge in [-0.3, -0.25) is 9.59 Å². The molecule has 3 N–H and O–H groups in total. The molecule has 0 aliphatic rings. The van der Waals surface area contributed by atoms with Gasteiger partial charge in [-0.1, -0.05) is 309 Å². The summed E-state index contributed by atoms with van der Waals surface area (Å²) in [6.07, 6.45) is 72.3. The fourth-order valence-corrected chi connectivity index (χ4v) is 10.2. The Hall–Kier alpha value is -1.40. The highest BCUT2D eigenvalue weighted by Gasteiger charge is 2.20. The van der Waals surface area contributed by atoms with Crippen LogP contribution in [-0.2, 0) is 14.3 Å². The van der Waals surface area contributed by atoms with E-state index in [1.54, 1.807) is 0 Å². The van der Waals surface area contributed by atoms with Gasteiger partial charge in [-0.05, 0) is 51.4 Å². The van der Waals surface area contributed by atoms with Crippen molar-refractivity contribution < 1.29 is 24.5 Å². The van der Waals surface area contributed by atoms with Gasteiger partial charge in [0.2, 0.25) is 5.91 Å². The van der Waals surface area contributed by atoms with E-state index in [1.165, 1.54) is 283 Å². The zero-order chi connectivity index (χ0) is 50.7. The number of allylic oxidation sites excluding steroid dienone is 2. The van der Waals surface area contributed by atoms with E-state index >= 15 is 0 Å². The smallest absolute Gasteiger partial charge is 0.305 e. The van der Waals surface area contributed by atoms with Crippen LogP contribution in [-0.4, -0.2) is 47.4 Å². The Morgan fingerprint density at radius 3 is 1.04 bits per heavy atom.